The fraction of sp³-hybridized carbons (Fsp3) is 0.206. The number of hydrogen-bond donors (Lipinski definition) is 1. The predicted molar refractivity (Wildman–Crippen MR) is 156 cm³/mol. The van der Waals surface area contributed by atoms with Crippen LogP contribution in [0.1, 0.15) is 45.7 Å². The molecule has 1 aliphatic heterocycles. The number of imidazole rings is 1. The fourth-order valence-corrected chi connectivity index (χ4v) is 5.29. The molecule has 0 bridgehead atoms. The minimum Gasteiger partial charge on any atom is -0.489 e. The van der Waals surface area contributed by atoms with Gasteiger partial charge in [-0.15, -0.1) is 0 Å². The lowest BCUT2D eigenvalue weighted by molar-refractivity contribution is 0.0697. The molecule has 1 N–H and O–H groups in total. The Morgan fingerprint density at radius 2 is 1.93 bits per heavy atom. The first-order chi connectivity index (χ1) is 20.5. The summed E-state index contributed by atoms with van der Waals surface area (Å²) >= 11 is 0. The number of aromatic nitrogens is 2. The summed E-state index contributed by atoms with van der Waals surface area (Å²) < 4.78 is 28.1. The number of nitriles is 1. The zero-order chi connectivity index (χ0) is 29.1. The highest BCUT2D eigenvalue weighted by atomic mass is 19.1. The maximum Gasteiger partial charge on any atom is 0.335 e. The van der Waals surface area contributed by atoms with Crippen molar-refractivity contribution in [1.29, 1.82) is 5.26 Å². The molecule has 8 heteroatoms. The number of carbonyl (C=O) groups is 1. The largest absolute Gasteiger partial charge is 0.489 e. The smallest absolute Gasteiger partial charge is 0.335 e. The van der Waals surface area contributed by atoms with Gasteiger partial charge in [0.25, 0.3) is 0 Å². The number of carboxylic acids is 1. The van der Waals surface area contributed by atoms with E-state index in [1.165, 1.54) is 6.07 Å². The van der Waals surface area contributed by atoms with Gasteiger partial charge >= 0.3 is 5.97 Å². The first-order valence-electron chi connectivity index (χ1n) is 13.8. The minimum atomic E-state index is -0.963. The van der Waals surface area contributed by atoms with Crippen LogP contribution in [0.3, 0.4) is 0 Å². The molecule has 1 fully saturated rings. The van der Waals surface area contributed by atoms with Crippen molar-refractivity contribution in [2.75, 3.05) is 6.61 Å². The summed E-state index contributed by atoms with van der Waals surface area (Å²) in [6, 6.07) is 27.2. The maximum absolute atomic E-state index is 14.2. The number of hydrogen-bond acceptors (Lipinski definition) is 5. The molecule has 1 saturated heterocycles. The van der Waals surface area contributed by atoms with E-state index in [9.17, 15) is 14.3 Å². The highest BCUT2D eigenvalue weighted by Gasteiger charge is 2.21. The molecule has 0 saturated carbocycles. The third-order valence-electron chi connectivity index (χ3n) is 7.54. The monoisotopic (exact) mass is 561 g/mol. The van der Waals surface area contributed by atoms with Crippen LogP contribution in [0, 0.1) is 17.1 Å². The number of fused-ring (bicyclic) bond motifs is 1. The molecule has 6 rings (SSSR count). The van der Waals surface area contributed by atoms with E-state index in [-0.39, 0.29) is 23.8 Å². The molecule has 0 radical (unpaired) electrons. The average molecular weight is 562 g/mol. The van der Waals surface area contributed by atoms with E-state index < -0.39 is 11.8 Å². The predicted octanol–water partition coefficient (Wildman–Crippen LogP) is 6.76. The molecule has 0 aliphatic carbocycles. The molecule has 0 spiro atoms. The number of ether oxygens (including phenoxy) is 2. The molecule has 1 atom stereocenters. The Balaban J connectivity index is 1.20. The van der Waals surface area contributed by atoms with Crippen LogP contribution in [0.4, 0.5) is 4.39 Å². The first kappa shape index (κ1) is 27.2. The van der Waals surface area contributed by atoms with Crippen molar-refractivity contribution in [3.63, 3.8) is 0 Å². The second-order valence-electron chi connectivity index (χ2n) is 10.4. The highest BCUT2D eigenvalue weighted by Crippen LogP contribution is 2.27. The average Bonchev–Trinajstić information content (AvgIpc) is 3.65. The van der Waals surface area contributed by atoms with Crippen molar-refractivity contribution in [1.82, 2.24) is 9.55 Å². The van der Waals surface area contributed by atoms with E-state index >= 15 is 0 Å². The van der Waals surface area contributed by atoms with Crippen LogP contribution in [0.15, 0.2) is 84.9 Å². The van der Waals surface area contributed by atoms with Crippen LogP contribution in [0.2, 0.25) is 0 Å². The summed E-state index contributed by atoms with van der Waals surface area (Å²) in [5.41, 5.74) is 5.50. The molecule has 5 aromatic rings. The van der Waals surface area contributed by atoms with Crippen LogP contribution in [-0.2, 0) is 24.3 Å². The Kier molecular flexibility index (Phi) is 7.67. The summed E-state index contributed by atoms with van der Waals surface area (Å²) in [5.74, 6) is 0.0485. The zero-order valence-corrected chi connectivity index (χ0v) is 22.8. The lowest BCUT2D eigenvalue weighted by Gasteiger charge is -2.15. The Morgan fingerprint density at radius 1 is 1.07 bits per heavy atom. The molecule has 2 heterocycles. The Hall–Kier alpha value is -5.00. The van der Waals surface area contributed by atoms with Crippen molar-refractivity contribution in [3.05, 3.63) is 119 Å². The molecule has 1 aliphatic rings. The molecular weight excluding hydrogens is 533 g/mol. The summed E-state index contributed by atoms with van der Waals surface area (Å²) in [5, 5.41) is 18.5. The molecule has 1 aromatic heterocycles. The van der Waals surface area contributed by atoms with Gasteiger partial charge in [0.05, 0.1) is 40.9 Å². The summed E-state index contributed by atoms with van der Waals surface area (Å²) in [7, 11) is 0. The minimum absolute atomic E-state index is 0.0563. The lowest BCUT2D eigenvalue weighted by atomic mass is 10.0. The highest BCUT2D eigenvalue weighted by molar-refractivity contribution is 5.92. The number of aromatic carboxylic acids is 1. The van der Waals surface area contributed by atoms with Gasteiger partial charge in [-0.3, -0.25) is 0 Å². The van der Waals surface area contributed by atoms with Crippen LogP contribution >= 0.6 is 0 Å². The number of halogens is 1. The molecule has 42 heavy (non-hydrogen) atoms. The van der Waals surface area contributed by atoms with Gasteiger partial charge in [0, 0.05) is 18.6 Å². The normalized spacial score (nSPS) is 14.6. The van der Waals surface area contributed by atoms with E-state index in [0.29, 0.717) is 24.3 Å². The Bertz CT molecular complexity index is 1800. The van der Waals surface area contributed by atoms with Crippen LogP contribution in [-0.4, -0.2) is 33.3 Å². The van der Waals surface area contributed by atoms with Crippen molar-refractivity contribution in [2.45, 2.75) is 38.5 Å². The van der Waals surface area contributed by atoms with Gasteiger partial charge in [0.2, 0.25) is 0 Å². The van der Waals surface area contributed by atoms with Crippen LogP contribution in [0.25, 0.3) is 22.2 Å². The second kappa shape index (κ2) is 11.9. The summed E-state index contributed by atoms with van der Waals surface area (Å²) in [6.45, 7) is 1.43. The molecule has 0 amide bonds. The SMILES string of the molecule is N#Cc1ccc(COc2cccc(-c3ccc(Cc4nc5ccc(C(=O)O)cc5n4CC4CCCO4)cc3)c2)c(F)c1. The summed E-state index contributed by atoms with van der Waals surface area (Å²) in [4.78, 5) is 16.5. The van der Waals surface area contributed by atoms with Crippen molar-refractivity contribution in [3.8, 4) is 22.9 Å². The third-order valence-corrected chi connectivity index (χ3v) is 7.54. The molecule has 210 valence electrons. The van der Waals surface area contributed by atoms with Gasteiger partial charge in [-0.25, -0.2) is 14.2 Å². The topological polar surface area (TPSA) is 97.4 Å². The van der Waals surface area contributed by atoms with Crippen molar-refractivity contribution >= 4 is 17.0 Å². The van der Waals surface area contributed by atoms with E-state index in [0.717, 1.165) is 53.0 Å². The van der Waals surface area contributed by atoms with Crippen LogP contribution < -0.4 is 4.74 Å². The molecule has 7 nitrogen and oxygen atoms in total. The van der Waals surface area contributed by atoms with Gasteiger partial charge in [-0.1, -0.05) is 42.5 Å². The van der Waals surface area contributed by atoms with Gasteiger partial charge in [-0.2, -0.15) is 5.26 Å². The Labute approximate surface area is 242 Å². The second-order valence-corrected chi connectivity index (χ2v) is 10.4. The zero-order valence-electron chi connectivity index (χ0n) is 22.8. The molecule has 4 aromatic carbocycles. The third kappa shape index (κ3) is 5.87. The molecule has 1 unspecified atom stereocenters. The van der Waals surface area contributed by atoms with Crippen molar-refractivity contribution < 1.29 is 23.8 Å². The number of benzene rings is 4. The van der Waals surface area contributed by atoms with E-state index in [4.69, 9.17) is 19.7 Å². The van der Waals surface area contributed by atoms with E-state index in [2.05, 4.69) is 16.7 Å². The Morgan fingerprint density at radius 3 is 2.67 bits per heavy atom. The van der Waals surface area contributed by atoms with Gasteiger partial charge in [-0.05, 0) is 72.0 Å². The maximum atomic E-state index is 14.2. The number of carboxylic acid groups (broad SMARTS) is 1. The van der Waals surface area contributed by atoms with Crippen molar-refractivity contribution in [2.24, 2.45) is 0 Å². The molecular formula is C34H28FN3O4. The van der Waals surface area contributed by atoms with Crippen LogP contribution in [0.5, 0.6) is 5.75 Å². The standard InChI is InChI=1S/C34H28FN3O4/c35-30-15-23(19-36)8-11-27(30)21-42-28-4-1-3-25(17-28)24-9-6-22(7-10-24)16-33-37-31-13-12-26(34(39)40)18-32(31)38(33)20-29-5-2-14-41-29/h1,3-4,6-13,15,17-18,29H,2,5,14,16,20-21H2,(H,39,40). The van der Waals surface area contributed by atoms with Gasteiger partial charge < -0.3 is 19.1 Å². The van der Waals surface area contributed by atoms with Gasteiger partial charge in [0.1, 0.15) is 24.0 Å². The quantitative estimate of drug-likeness (QED) is 0.214. The first-order valence-corrected chi connectivity index (χ1v) is 13.8. The fourth-order valence-electron chi connectivity index (χ4n) is 5.29. The van der Waals surface area contributed by atoms with E-state index in [1.54, 1.807) is 30.3 Å². The summed E-state index contributed by atoms with van der Waals surface area (Å²) in [6.07, 6.45) is 2.66. The number of nitrogens with zero attached hydrogens (tertiary/aromatic N) is 3. The number of rotatable bonds is 9. The lowest BCUT2D eigenvalue weighted by Crippen LogP contribution is -2.17. The van der Waals surface area contributed by atoms with E-state index in [1.807, 2.05) is 42.5 Å². The van der Waals surface area contributed by atoms with Gasteiger partial charge in [0.15, 0.2) is 0 Å².